The molecule has 0 bridgehead atoms. The first-order valence-corrected chi connectivity index (χ1v) is 9.81. The van der Waals surface area contributed by atoms with E-state index < -0.39 is 4.92 Å². The van der Waals surface area contributed by atoms with Crippen LogP contribution >= 0.6 is 0 Å². The van der Waals surface area contributed by atoms with Gasteiger partial charge in [0.15, 0.2) is 5.65 Å². The molecule has 0 fully saturated rings. The number of phenolic OH excluding ortho intramolecular Hbond substituents is 1. The Bertz CT molecular complexity index is 1330. The Kier molecular flexibility index (Phi) is 5.24. The van der Waals surface area contributed by atoms with Gasteiger partial charge in [-0.25, -0.2) is 9.50 Å². The fourth-order valence-electron chi connectivity index (χ4n) is 3.69. The lowest BCUT2D eigenvalue weighted by molar-refractivity contribution is -0.384. The van der Waals surface area contributed by atoms with Crippen LogP contribution in [0.5, 0.6) is 5.75 Å². The quantitative estimate of drug-likeness (QED) is 0.365. The van der Waals surface area contributed by atoms with Gasteiger partial charge in [0.2, 0.25) is 5.91 Å². The number of nitrogens with one attached hydrogen (secondary N) is 1. The monoisotopic (exact) mass is 419 g/mol. The van der Waals surface area contributed by atoms with Crippen molar-refractivity contribution in [3.8, 4) is 5.75 Å². The van der Waals surface area contributed by atoms with Crippen LogP contribution in [0.15, 0.2) is 42.5 Å². The third kappa shape index (κ3) is 3.89. The van der Waals surface area contributed by atoms with Crippen LogP contribution in [-0.4, -0.2) is 30.5 Å². The van der Waals surface area contributed by atoms with Crippen LogP contribution in [-0.2, 0) is 17.8 Å². The number of phenols is 1. The lowest BCUT2D eigenvalue weighted by atomic mass is 10.1. The minimum Gasteiger partial charge on any atom is -0.508 e. The molecule has 0 atom stereocenters. The van der Waals surface area contributed by atoms with Crippen LogP contribution in [0.2, 0.25) is 0 Å². The summed E-state index contributed by atoms with van der Waals surface area (Å²) in [5, 5.41) is 29.1. The largest absolute Gasteiger partial charge is 0.508 e. The molecule has 4 rings (SSSR count). The number of amides is 1. The van der Waals surface area contributed by atoms with E-state index in [0.29, 0.717) is 12.0 Å². The van der Waals surface area contributed by atoms with E-state index in [0.717, 1.165) is 33.5 Å². The number of aromatic nitrogens is 3. The summed E-state index contributed by atoms with van der Waals surface area (Å²) in [6, 6.07) is 11.5. The molecule has 4 aromatic rings. The molecule has 0 aliphatic rings. The molecule has 0 saturated heterocycles. The van der Waals surface area contributed by atoms with Crippen molar-refractivity contribution in [2.45, 2.75) is 33.2 Å². The number of benzene rings is 2. The number of rotatable bonds is 6. The number of hydrogen-bond donors (Lipinski definition) is 2. The van der Waals surface area contributed by atoms with E-state index in [9.17, 15) is 20.0 Å². The zero-order chi connectivity index (χ0) is 22.1. The topological polar surface area (TPSA) is 123 Å². The van der Waals surface area contributed by atoms with Crippen LogP contribution in [0.3, 0.4) is 0 Å². The van der Waals surface area contributed by atoms with Crippen LogP contribution in [0.1, 0.15) is 28.9 Å². The summed E-state index contributed by atoms with van der Waals surface area (Å²) in [5.74, 6) is -0.326. The van der Waals surface area contributed by atoms with E-state index >= 15 is 0 Å². The predicted octanol–water partition coefficient (Wildman–Crippen LogP) is 3.36. The van der Waals surface area contributed by atoms with Gasteiger partial charge in [-0.3, -0.25) is 14.9 Å². The standard InChI is InChI=1S/C22H21N5O4/c1-13-17(14(2)26-22(24-13)18-5-3-4-6-19(18)25-26)8-10-21(29)23-12-15-11-16(27(30)31)7-9-20(15)28/h3-7,9,11,28H,8,10,12H2,1-2H3,(H,23,29). The van der Waals surface area contributed by atoms with Crippen molar-refractivity contribution in [1.82, 2.24) is 19.9 Å². The van der Waals surface area contributed by atoms with Gasteiger partial charge in [-0.15, -0.1) is 0 Å². The Hall–Kier alpha value is -4.01. The van der Waals surface area contributed by atoms with Gasteiger partial charge in [0.1, 0.15) is 5.75 Å². The second-order valence-electron chi connectivity index (χ2n) is 7.36. The van der Waals surface area contributed by atoms with Gasteiger partial charge < -0.3 is 10.4 Å². The fraction of sp³-hybridized carbons (Fsp3) is 0.227. The molecule has 0 unspecified atom stereocenters. The highest BCUT2D eigenvalue weighted by molar-refractivity contribution is 5.92. The molecular formula is C22H21N5O4. The van der Waals surface area contributed by atoms with Gasteiger partial charge in [-0.1, -0.05) is 12.1 Å². The van der Waals surface area contributed by atoms with E-state index in [1.807, 2.05) is 42.6 Å². The Morgan fingerprint density at radius 2 is 2.00 bits per heavy atom. The summed E-state index contributed by atoms with van der Waals surface area (Å²) in [4.78, 5) is 27.4. The number of fused-ring (bicyclic) bond motifs is 3. The molecule has 0 saturated carbocycles. The number of nitro benzene ring substituents is 1. The Labute approximate surface area is 177 Å². The summed E-state index contributed by atoms with van der Waals surface area (Å²) in [6.45, 7) is 3.89. The lowest BCUT2D eigenvalue weighted by Crippen LogP contribution is -2.23. The highest BCUT2D eigenvalue weighted by atomic mass is 16.6. The summed E-state index contributed by atoms with van der Waals surface area (Å²) in [6.07, 6.45) is 0.689. The zero-order valence-electron chi connectivity index (χ0n) is 17.1. The van der Waals surface area contributed by atoms with Crippen molar-refractivity contribution in [2.75, 3.05) is 0 Å². The van der Waals surface area contributed by atoms with Crippen LogP contribution in [0.4, 0.5) is 5.69 Å². The molecule has 0 radical (unpaired) electrons. The first-order valence-electron chi connectivity index (χ1n) is 9.81. The van der Waals surface area contributed by atoms with Gasteiger partial charge in [0, 0.05) is 47.4 Å². The molecule has 0 spiro atoms. The van der Waals surface area contributed by atoms with E-state index in [1.165, 1.54) is 18.2 Å². The molecule has 9 heteroatoms. The van der Waals surface area contributed by atoms with Crippen LogP contribution in [0.25, 0.3) is 16.6 Å². The van der Waals surface area contributed by atoms with E-state index in [1.54, 1.807) is 0 Å². The molecule has 2 heterocycles. The van der Waals surface area contributed by atoms with Gasteiger partial charge in [-0.2, -0.15) is 5.10 Å². The van der Waals surface area contributed by atoms with Gasteiger partial charge in [-0.05, 0) is 44.0 Å². The molecule has 2 aromatic heterocycles. The first-order chi connectivity index (χ1) is 14.8. The normalized spacial score (nSPS) is 11.2. The van der Waals surface area contributed by atoms with E-state index in [4.69, 9.17) is 4.98 Å². The molecule has 9 nitrogen and oxygen atoms in total. The van der Waals surface area contributed by atoms with Crippen molar-refractivity contribution in [1.29, 1.82) is 0 Å². The molecule has 0 aliphatic heterocycles. The number of carbonyl (C=O) groups is 1. The smallest absolute Gasteiger partial charge is 0.270 e. The molecule has 0 aliphatic carbocycles. The van der Waals surface area contributed by atoms with Crippen molar-refractivity contribution in [3.63, 3.8) is 0 Å². The number of nitro groups is 1. The Morgan fingerprint density at radius 1 is 1.23 bits per heavy atom. The van der Waals surface area contributed by atoms with Gasteiger partial charge in [0.05, 0.1) is 10.4 Å². The highest BCUT2D eigenvalue weighted by Gasteiger charge is 2.16. The maximum Gasteiger partial charge on any atom is 0.270 e. The van der Waals surface area contributed by atoms with E-state index in [2.05, 4.69) is 10.4 Å². The highest BCUT2D eigenvalue weighted by Crippen LogP contribution is 2.24. The number of aryl methyl sites for hydroxylation is 2. The molecule has 1 amide bonds. The van der Waals surface area contributed by atoms with Gasteiger partial charge >= 0.3 is 0 Å². The van der Waals surface area contributed by atoms with Crippen molar-refractivity contribution < 1.29 is 14.8 Å². The number of non-ortho nitro benzene ring substituents is 1. The van der Waals surface area contributed by atoms with E-state index in [-0.39, 0.29) is 30.3 Å². The SMILES string of the molecule is Cc1nc2c3ccccc3nn2c(C)c1CCC(=O)NCc1cc([N+](=O)[O-])ccc1O. The summed E-state index contributed by atoms with van der Waals surface area (Å²) in [5.41, 5.74) is 4.54. The summed E-state index contributed by atoms with van der Waals surface area (Å²) in [7, 11) is 0. The number of nitrogens with zero attached hydrogens (tertiary/aromatic N) is 4. The second-order valence-corrected chi connectivity index (χ2v) is 7.36. The number of aromatic hydroxyl groups is 1. The third-order valence-corrected chi connectivity index (χ3v) is 5.37. The molecule has 158 valence electrons. The lowest BCUT2D eigenvalue weighted by Gasteiger charge is -2.11. The Balaban J connectivity index is 1.48. The molecular weight excluding hydrogens is 398 g/mol. The minimum atomic E-state index is -0.543. The van der Waals surface area contributed by atoms with Gasteiger partial charge in [0.25, 0.3) is 5.69 Å². The van der Waals surface area contributed by atoms with Crippen molar-refractivity contribution >= 4 is 28.1 Å². The number of hydrogen-bond acceptors (Lipinski definition) is 6. The molecule has 31 heavy (non-hydrogen) atoms. The maximum atomic E-state index is 12.4. The maximum absolute atomic E-state index is 12.4. The fourth-order valence-corrected chi connectivity index (χ4v) is 3.69. The average molecular weight is 419 g/mol. The molecule has 2 N–H and O–H groups in total. The predicted molar refractivity (Wildman–Crippen MR) is 115 cm³/mol. The zero-order valence-corrected chi connectivity index (χ0v) is 17.1. The molecule has 2 aromatic carbocycles. The minimum absolute atomic E-state index is 0.00609. The summed E-state index contributed by atoms with van der Waals surface area (Å²) >= 11 is 0. The van der Waals surface area contributed by atoms with Crippen molar-refractivity contribution in [3.05, 3.63) is 75.1 Å². The average Bonchev–Trinajstić information content (AvgIpc) is 3.11. The third-order valence-electron chi connectivity index (χ3n) is 5.37. The Morgan fingerprint density at radius 3 is 2.77 bits per heavy atom. The summed E-state index contributed by atoms with van der Waals surface area (Å²) < 4.78 is 1.81. The second kappa shape index (κ2) is 8.02. The van der Waals surface area contributed by atoms with Crippen molar-refractivity contribution in [2.24, 2.45) is 0 Å². The first kappa shape index (κ1) is 20.3. The van der Waals surface area contributed by atoms with Crippen LogP contribution in [0, 0.1) is 24.0 Å². The van der Waals surface area contributed by atoms with Crippen LogP contribution < -0.4 is 5.32 Å². The number of carbonyl (C=O) groups excluding carboxylic acids is 1.